The van der Waals surface area contributed by atoms with Crippen LogP contribution in [0.15, 0.2) is 36.4 Å². The van der Waals surface area contributed by atoms with Gasteiger partial charge in [-0.3, -0.25) is 4.79 Å². The minimum atomic E-state index is -0.680. The van der Waals surface area contributed by atoms with Crippen LogP contribution in [0, 0.1) is 28.8 Å². The maximum Gasteiger partial charge on any atom is 0.225 e. The van der Waals surface area contributed by atoms with Gasteiger partial charge in [-0.1, -0.05) is 13.8 Å². The predicted molar refractivity (Wildman–Crippen MR) is 120 cm³/mol. The van der Waals surface area contributed by atoms with E-state index in [4.69, 9.17) is 0 Å². The fraction of sp³-hybridized carbons (Fsp3) is 0.423. The van der Waals surface area contributed by atoms with Crippen molar-refractivity contribution in [1.82, 2.24) is 9.88 Å². The zero-order chi connectivity index (χ0) is 23.5. The Morgan fingerprint density at radius 2 is 1.79 bits per heavy atom. The number of aromatic nitrogens is 1. The highest BCUT2D eigenvalue weighted by Gasteiger charge is 2.43. The number of fused-ring (bicyclic) bond motifs is 1. The maximum atomic E-state index is 14.5. The molecule has 1 unspecified atom stereocenters. The normalized spacial score (nSPS) is 24.7. The van der Waals surface area contributed by atoms with Crippen LogP contribution in [-0.4, -0.2) is 40.1 Å². The molecule has 2 aliphatic rings. The summed E-state index contributed by atoms with van der Waals surface area (Å²) in [6.45, 7) is 4.98. The van der Waals surface area contributed by atoms with Gasteiger partial charge < -0.3 is 15.0 Å². The molecule has 2 N–H and O–H groups in total. The number of H-pyrrole nitrogens is 1. The van der Waals surface area contributed by atoms with Gasteiger partial charge in [-0.2, -0.15) is 0 Å². The molecular weight excluding hydrogens is 429 g/mol. The van der Waals surface area contributed by atoms with E-state index >= 15 is 0 Å². The summed E-state index contributed by atoms with van der Waals surface area (Å²) in [5, 5.41) is 10.7. The number of likely N-dealkylation sites (tertiary alicyclic amines) is 1. The van der Waals surface area contributed by atoms with E-state index in [1.165, 1.54) is 18.2 Å². The lowest BCUT2D eigenvalue weighted by Gasteiger charge is -2.45. The second-order valence-electron chi connectivity index (χ2n) is 10.1. The fourth-order valence-corrected chi connectivity index (χ4v) is 5.36. The average molecular weight is 457 g/mol. The topological polar surface area (TPSA) is 56.3 Å². The summed E-state index contributed by atoms with van der Waals surface area (Å²) in [6, 6.07) is 8.06. The fourth-order valence-electron chi connectivity index (χ4n) is 5.36. The number of aromatic amines is 1. The lowest BCUT2D eigenvalue weighted by Crippen LogP contribution is -2.53. The number of halogens is 3. The van der Waals surface area contributed by atoms with Crippen LogP contribution >= 0.6 is 0 Å². The van der Waals surface area contributed by atoms with Gasteiger partial charge in [-0.15, -0.1) is 0 Å². The minimum absolute atomic E-state index is 0.0441. The molecule has 7 heteroatoms. The Morgan fingerprint density at radius 3 is 2.45 bits per heavy atom. The zero-order valence-corrected chi connectivity index (χ0v) is 18.7. The van der Waals surface area contributed by atoms with E-state index in [9.17, 15) is 23.1 Å². The van der Waals surface area contributed by atoms with Crippen molar-refractivity contribution >= 4 is 16.8 Å². The summed E-state index contributed by atoms with van der Waals surface area (Å²) >= 11 is 0. The summed E-state index contributed by atoms with van der Waals surface area (Å²) in [7, 11) is 0. The number of nitrogens with zero attached hydrogens (tertiary/aromatic N) is 1. The summed E-state index contributed by atoms with van der Waals surface area (Å²) in [4.78, 5) is 18.0. The number of piperidine rings is 1. The van der Waals surface area contributed by atoms with Crippen LogP contribution in [0.4, 0.5) is 13.2 Å². The average Bonchev–Trinajstić information content (AvgIpc) is 3.09. The van der Waals surface area contributed by atoms with Crippen LogP contribution in [0.5, 0.6) is 0 Å². The molecule has 0 bridgehead atoms. The molecule has 174 valence electrons. The van der Waals surface area contributed by atoms with Crippen LogP contribution in [0.2, 0.25) is 0 Å². The molecule has 1 aliphatic carbocycles. The Bertz CT molecular complexity index is 1210. The van der Waals surface area contributed by atoms with Gasteiger partial charge >= 0.3 is 0 Å². The third-order valence-electron chi connectivity index (χ3n) is 7.38. The number of aliphatic hydroxyl groups is 1. The lowest BCUT2D eigenvalue weighted by atomic mass is 9.69. The van der Waals surface area contributed by atoms with E-state index < -0.39 is 17.7 Å². The number of benzene rings is 2. The SMILES string of the molecule is CC1(C)CN(C(=O)C2CC(c3c(-c4ccc(F)cc4)[nH]c4c(F)cc(F)cc34)C2)CCC1O. The quantitative estimate of drug-likeness (QED) is 0.557. The van der Waals surface area contributed by atoms with Crippen LogP contribution in [0.3, 0.4) is 0 Å². The van der Waals surface area contributed by atoms with E-state index in [1.54, 1.807) is 12.1 Å². The molecule has 1 aromatic heterocycles. The van der Waals surface area contributed by atoms with E-state index in [-0.39, 0.29) is 34.5 Å². The highest BCUT2D eigenvalue weighted by molar-refractivity contribution is 5.92. The molecular formula is C26H27F3N2O2. The zero-order valence-electron chi connectivity index (χ0n) is 18.7. The first-order valence-electron chi connectivity index (χ1n) is 11.4. The molecule has 4 nitrogen and oxygen atoms in total. The summed E-state index contributed by atoms with van der Waals surface area (Å²) < 4.78 is 42.1. The smallest absolute Gasteiger partial charge is 0.225 e. The van der Waals surface area contributed by atoms with Crippen LogP contribution in [0.25, 0.3) is 22.2 Å². The van der Waals surface area contributed by atoms with Crippen molar-refractivity contribution < 1.29 is 23.1 Å². The standard InChI is InChI=1S/C26H27F3N2O2/c1-26(2)13-31(8-7-21(26)32)25(33)16-9-15(10-16)22-19-11-18(28)12-20(29)24(19)30-23(22)14-3-5-17(27)6-4-14/h3-6,11-12,15-16,21,30,32H,7-10,13H2,1-2H3. The van der Waals surface area contributed by atoms with Gasteiger partial charge in [-0.05, 0) is 66.6 Å². The van der Waals surface area contributed by atoms with Gasteiger partial charge in [0.25, 0.3) is 0 Å². The second kappa shape index (κ2) is 7.90. The minimum Gasteiger partial charge on any atom is -0.392 e. The first kappa shape index (κ1) is 22.0. The van der Waals surface area contributed by atoms with Gasteiger partial charge in [0.2, 0.25) is 5.91 Å². The van der Waals surface area contributed by atoms with Crippen molar-refractivity contribution in [2.24, 2.45) is 11.3 Å². The Morgan fingerprint density at radius 1 is 1.09 bits per heavy atom. The number of carbonyl (C=O) groups excluding carboxylic acids is 1. The molecule has 2 fully saturated rings. The molecule has 33 heavy (non-hydrogen) atoms. The van der Waals surface area contributed by atoms with Crippen molar-refractivity contribution in [3.63, 3.8) is 0 Å². The number of amides is 1. The summed E-state index contributed by atoms with van der Waals surface area (Å²) in [5.74, 6) is -1.85. The van der Waals surface area contributed by atoms with Crippen molar-refractivity contribution in [3.05, 3.63) is 59.4 Å². The van der Waals surface area contributed by atoms with Crippen molar-refractivity contribution in [1.29, 1.82) is 0 Å². The summed E-state index contributed by atoms with van der Waals surface area (Å²) in [6.07, 6.45) is 1.30. The monoisotopic (exact) mass is 456 g/mol. The number of aliphatic hydroxyl groups excluding tert-OH is 1. The van der Waals surface area contributed by atoms with Gasteiger partial charge in [0, 0.05) is 35.9 Å². The van der Waals surface area contributed by atoms with Gasteiger partial charge in [0.1, 0.15) is 17.5 Å². The van der Waals surface area contributed by atoms with Gasteiger partial charge in [-0.25, -0.2) is 13.2 Å². The van der Waals surface area contributed by atoms with Crippen LogP contribution in [-0.2, 0) is 4.79 Å². The molecule has 3 aromatic rings. The third kappa shape index (κ3) is 3.82. The largest absolute Gasteiger partial charge is 0.392 e. The first-order chi connectivity index (χ1) is 15.6. The number of nitrogens with one attached hydrogen (secondary N) is 1. The van der Waals surface area contributed by atoms with Gasteiger partial charge in [0.15, 0.2) is 0 Å². The summed E-state index contributed by atoms with van der Waals surface area (Å²) in [5.41, 5.74) is 1.95. The molecule has 0 radical (unpaired) electrons. The highest BCUT2D eigenvalue weighted by atomic mass is 19.1. The molecule has 1 amide bonds. The second-order valence-corrected chi connectivity index (χ2v) is 10.1. The van der Waals surface area contributed by atoms with Crippen molar-refractivity contribution in [2.45, 2.75) is 45.1 Å². The molecule has 2 heterocycles. The lowest BCUT2D eigenvalue weighted by molar-refractivity contribution is -0.145. The van der Waals surface area contributed by atoms with Crippen molar-refractivity contribution in [2.75, 3.05) is 13.1 Å². The molecule has 1 saturated heterocycles. The number of carbonyl (C=O) groups is 1. The molecule has 1 saturated carbocycles. The van der Waals surface area contributed by atoms with Crippen molar-refractivity contribution in [3.8, 4) is 11.3 Å². The molecule has 0 spiro atoms. The predicted octanol–water partition coefficient (Wildman–Crippen LogP) is 5.37. The van der Waals surface area contributed by atoms with E-state index in [0.29, 0.717) is 49.0 Å². The van der Waals surface area contributed by atoms with Gasteiger partial charge in [0.05, 0.1) is 17.3 Å². The number of rotatable bonds is 3. The number of hydrogen-bond donors (Lipinski definition) is 2. The Labute approximate surface area is 190 Å². The molecule has 2 aromatic carbocycles. The van der Waals surface area contributed by atoms with E-state index in [1.807, 2.05) is 18.7 Å². The molecule has 5 rings (SSSR count). The molecule has 1 aliphatic heterocycles. The highest BCUT2D eigenvalue weighted by Crippen LogP contribution is 2.49. The maximum absolute atomic E-state index is 14.5. The van der Waals surface area contributed by atoms with E-state index in [0.717, 1.165) is 11.6 Å². The van der Waals surface area contributed by atoms with E-state index in [2.05, 4.69) is 4.98 Å². The first-order valence-corrected chi connectivity index (χ1v) is 11.4. The number of hydrogen-bond acceptors (Lipinski definition) is 2. The Kier molecular flexibility index (Phi) is 5.27. The van der Waals surface area contributed by atoms with Crippen LogP contribution < -0.4 is 0 Å². The Balaban J connectivity index is 1.44. The van der Waals surface area contributed by atoms with Crippen LogP contribution in [0.1, 0.15) is 44.6 Å². The third-order valence-corrected chi connectivity index (χ3v) is 7.38. The molecule has 1 atom stereocenters. The Hall–Kier alpha value is -2.80.